The maximum absolute atomic E-state index is 11.1. The van der Waals surface area contributed by atoms with Gasteiger partial charge in [-0.15, -0.1) is 0 Å². The summed E-state index contributed by atoms with van der Waals surface area (Å²) in [7, 11) is -3.79. The number of allylic oxidation sites excluding steroid dienone is 2. The molecular weight excluding hydrogens is 288 g/mol. The van der Waals surface area contributed by atoms with Gasteiger partial charge in [-0.05, 0) is 42.8 Å². The summed E-state index contributed by atoms with van der Waals surface area (Å²) >= 11 is 0. The monoisotopic (exact) mass is 302 g/mol. The third kappa shape index (κ3) is 2.74. The number of anilines is 1. The van der Waals surface area contributed by atoms with Crippen molar-refractivity contribution < 1.29 is 8.42 Å². The van der Waals surface area contributed by atoms with E-state index in [-0.39, 0.29) is 0 Å². The van der Waals surface area contributed by atoms with E-state index in [1.54, 1.807) is 24.4 Å². The van der Waals surface area contributed by atoms with Crippen LogP contribution in [0.1, 0.15) is 18.2 Å². The first-order chi connectivity index (χ1) is 9.94. The summed E-state index contributed by atoms with van der Waals surface area (Å²) in [6.07, 6.45) is 3.63. The Morgan fingerprint density at radius 3 is 2.81 bits per heavy atom. The number of aliphatic imine (C=N–C) groups is 1. The highest BCUT2D eigenvalue weighted by Crippen LogP contribution is 2.37. The van der Waals surface area contributed by atoms with Crippen molar-refractivity contribution in [1.82, 2.24) is 4.98 Å². The zero-order valence-corrected chi connectivity index (χ0v) is 12.1. The average molecular weight is 302 g/mol. The Morgan fingerprint density at radius 1 is 1.33 bits per heavy atom. The molecule has 0 amide bonds. The molecule has 3 rings (SSSR count). The van der Waals surface area contributed by atoms with Gasteiger partial charge in [0, 0.05) is 29.2 Å². The molecule has 6 nitrogen and oxygen atoms in total. The van der Waals surface area contributed by atoms with Gasteiger partial charge < -0.3 is 4.98 Å². The van der Waals surface area contributed by atoms with E-state index in [9.17, 15) is 8.42 Å². The maximum Gasteiger partial charge on any atom is 0.296 e. The van der Waals surface area contributed by atoms with Gasteiger partial charge in [0.2, 0.25) is 0 Å². The number of nitrogens with one attached hydrogen (secondary N) is 2. The van der Waals surface area contributed by atoms with Gasteiger partial charge in [-0.3, -0.25) is 9.71 Å². The molecule has 108 valence electrons. The van der Waals surface area contributed by atoms with Gasteiger partial charge in [0.1, 0.15) is 0 Å². The van der Waals surface area contributed by atoms with E-state index in [1.165, 1.54) is 0 Å². The molecule has 1 aromatic carbocycles. The van der Waals surface area contributed by atoms with Gasteiger partial charge in [0.05, 0.1) is 11.4 Å². The minimum absolute atomic E-state index is 0.415. The number of fused-ring (bicyclic) bond motifs is 1. The number of hydrogen-bond acceptors (Lipinski definition) is 3. The number of aromatic nitrogens is 1. The van der Waals surface area contributed by atoms with Gasteiger partial charge in [0.25, 0.3) is 10.2 Å². The van der Waals surface area contributed by atoms with Gasteiger partial charge in [0.15, 0.2) is 0 Å². The molecule has 0 atom stereocenters. The summed E-state index contributed by atoms with van der Waals surface area (Å²) in [6.45, 7) is 1.99. The van der Waals surface area contributed by atoms with Crippen LogP contribution in [0.2, 0.25) is 0 Å². The number of aromatic amines is 1. The van der Waals surface area contributed by atoms with Crippen LogP contribution in [0.5, 0.6) is 0 Å². The summed E-state index contributed by atoms with van der Waals surface area (Å²) in [5.74, 6) is 0. The summed E-state index contributed by atoms with van der Waals surface area (Å²) in [5.41, 5.74) is 5.07. The van der Waals surface area contributed by atoms with E-state index in [0.29, 0.717) is 5.69 Å². The molecule has 21 heavy (non-hydrogen) atoms. The fourth-order valence-corrected chi connectivity index (χ4v) is 2.76. The van der Waals surface area contributed by atoms with Crippen LogP contribution in [0.15, 0.2) is 41.5 Å². The van der Waals surface area contributed by atoms with Gasteiger partial charge >= 0.3 is 0 Å². The fraction of sp³-hybridized carbons (Fsp3) is 0.0714. The third-order valence-corrected chi connectivity index (χ3v) is 3.81. The smallest absolute Gasteiger partial charge is 0.296 e. The molecular formula is C14H14N4O2S. The molecule has 0 aliphatic carbocycles. The van der Waals surface area contributed by atoms with E-state index in [0.717, 1.165) is 28.1 Å². The zero-order valence-electron chi connectivity index (χ0n) is 11.3. The molecule has 7 heteroatoms. The summed E-state index contributed by atoms with van der Waals surface area (Å²) in [6, 6.07) is 9.02. The van der Waals surface area contributed by atoms with Crippen LogP contribution in [0.25, 0.3) is 11.1 Å². The van der Waals surface area contributed by atoms with Crippen molar-refractivity contribution in [2.45, 2.75) is 6.92 Å². The largest absolute Gasteiger partial charge is 0.361 e. The standard InChI is InChI=1S/C14H14N4O2S/c1-9(13-3-2-6-16-13)12-8-17-14-5-4-10(7-11(12)14)18-21(15,19)20/h2-8,16,18H,1H3,(H2,15,19,20). The van der Waals surface area contributed by atoms with Crippen LogP contribution < -0.4 is 9.86 Å². The van der Waals surface area contributed by atoms with Crippen LogP contribution in [0, 0.1) is 0 Å². The molecule has 0 unspecified atom stereocenters. The lowest BCUT2D eigenvalue weighted by molar-refractivity contribution is 0.603. The van der Waals surface area contributed by atoms with Crippen LogP contribution in [-0.2, 0) is 10.2 Å². The highest BCUT2D eigenvalue weighted by Gasteiger charge is 2.17. The van der Waals surface area contributed by atoms with Crippen LogP contribution in [0.3, 0.4) is 0 Å². The van der Waals surface area contributed by atoms with Crippen LogP contribution in [0.4, 0.5) is 11.4 Å². The lowest BCUT2D eigenvalue weighted by Gasteiger charge is -2.08. The van der Waals surface area contributed by atoms with Crippen molar-refractivity contribution in [1.29, 1.82) is 0 Å². The minimum atomic E-state index is -3.79. The van der Waals surface area contributed by atoms with Gasteiger partial charge in [-0.25, -0.2) is 5.14 Å². The van der Waals surface area contributed by atoms with Crippen molar-refractivity contribution in [2.75, 3.05) is 4.72 Å². The van der Waals surface area contributed by atoms with Gasteiger partial charge in [-0.1, -0.05) is 0 Å². The summed E-state index contributed by atoms with van der Waals surface area (Å²) < 4.78 is 24.5. The summed E-state index contributed by atoms with van der Waals surface area (Å²) in [4.78, 5) is 7.49. The van der Waals surface area contributed by atoms with E-state index in [2.05, 4.69) is 14.7 Å². The molecule has 0 spiro atoms. The second kappa shape index (κ2) is 4.87. The Kier molecular flexibility index (Phi) is 3.15. The summed E-state index contributed by atoms with van der Waals surface area (Å²) in [5, 5.41) is 5.00. The Labute approximate surface area is 122 Å². The van der Waals surface area contributed by atoms with Crippen molar-refractivity contribution in [3.63, 3.8) is 0 Å². The first kappa shape index (κ1) is 13.6. The molecule has 0 saturated heterocycles. The van der Waals surface area contributed by atoms with Crippen molar-refractivity contribution in [3.05, 3.63) is 47.8 Å². The Bertz CT molecular complexity index is 849. The molecule has 1 aliphatic rings. The molecule has 0 fully saturated rings. The minimum Gasteiger partial charge on any atom is -0.361 e. The predicted octanol–water partition coefficient (Wildman–Crippen LogP) is 2.28. The second-order valence-electron chi connectivity index (χ2n) is 4.76. The highest BCUT2D eigenvalue weighted by molar-refractivity contribution is 7.90. The molecule has 0 bridgehead atoms. The number of nitrogens with zero attached hydrogens (tertiary/aromatic N) is 1. The molecule has 0 radical (unpaired) electrons. The number of hydrogen-bond donors (Lipinski definition) is 3. The molecule has 1 aliphatic heterocycles. The third-order valence-electron chi connectivity index (χ3n) is 3.29. The Hall–Kier alpha value is -2.38. The molecule has 0 saturated carbocycles. The van der Waals surface area contributed by atoms with Crippen LogP contribution in [-0.4, -0.2) is 19.6 Å². The number of benzene rings is 1. The number of H-pyrrole nitrogens is 1. The highest BCUT2D eigenvalue weighted by atomic mass is 32.2. The first-order valence-corrected chi connectivity index (χ1v) is 7.82. The Balaban J connectivity index is 2.07. The van der Waals surface area contributed by atoms with Crippen molar-refractivity contribution >= 4 is 38.9 Å². The topological polar surface area (TPSA) is 100 Å². The van der Waals surface area contributed by atoms with E-state index in [1.807, 2.05) is 25.3 Å². The van der Waals surface area contributed by atoms with E-state index < -0.39 is 10.2 Å². The van der Waals surface area contributed by atoms with E-state index in [4.69, 9.17) is 5.14 Å². The van der Waals surface area contributed by atoms with Crippen molar-refractivity contribution in [3.8, 4) is 0 Å². The molecule has 4 N–H and O–H groups in total. The maximum atomic E-state index is 11.1. The Morgan fingerprint density at radius 2 is 2.14 bits per heavy atom. The van der Waals surface area contributed by atoms with Crippen molar-refractivity contribution in [2.24, 2.45) is 10.1 Å². The fourth-order valence-electron chi connectivity index (χ4n) is 2.30. The quantitative estimate of drug-likeness (QED) is 0.810. The zero-order chi connectivity index (χ0) is 15.0. The second-order valence-corrected chi connectivity index (χ2v) is 6.05. The average Bonchev–Trinajstić information content (AvgIpc) is 3.05. The lowest BCUT2D eigenvalue weighted by atomic mass is 10.00. The predicted molar refractivity (Wildman–Crippen MR) is 84.6 cm³/mol. The SMILES string of the molecule is CC(=C1C=Nc2ccc(NS(N)(=O)=O)cc21)c1ccc[nH]1. The van der Waals surface area contributed by atoms with E-state index >= 15 is 0 Å². The van der Waals surface area contributed by atoms with Gasteiger partial charge in [-0.2, -0.15) is 8.42 Å². The molecule has 2 heterocycles. The molecule has 2 aromatic rings. The molecule has 1 aromatic heterocycles. The number of nitrogens with two attached hydrogens (primary N) is 1. The normalized spacial score (nSPS) is 15.9. The lowest BCUT2D eigenvalue weighted by Crippen LogP contribution is -2.21. The number of rotatable bonds is 3. The van der Waals surface area contributed by atoms with Crippen LogP contribution >= 0.6 is 0 Å². The first-order valence-electron chi connectivity index (χ1n) is 6.28.